The summed E-state index contributed by atoms with van der Waals surface area (Å²) in [5.41, 5.74) is 1.38. The Labute approximate surface area is 183 Å². The molecule has 0 aliphatic carbocycles. The molecule has 0 amide bonds. The zero-order valence-corrected chi connectivity index (χ0v) is 17.6. The van der Waals surface area contributed by atoms with E-state index in [9.17, 15) is 0 Å². The van der Waals surface area contributed by atoms with E-state index in [1.54, 1.807) is 48.8 Å². The fourth-order valence-electron chi connectivity index (χ4n) is 3.32. The smallest absolute Gasteiger partial charge is 0.110 e. The fraction of sp³-hybridized carbons (Fsp3) is 0.300. The lowest BCUT2D eigenvalue weighted by Gasteiger charge is -2.12. The van der Waals surface area contributed by atoms with Gasteiger partial charge in [0.25, 0.3) is 0 Å². The first-order valence-corrected chi connectivity index (χ1v) is 10.2. The van der Waals surface area contributed by atoms with Gasteiger partial charge < -0.3 is 9.47 Å². The van der Waals surface area contributed by atoms with Gasteiger partial charge in [-0.3, -0.25) is 9.98 Å². The van der Waals surface area contributed by atoms with Crippen molar-refractivity contribution in [2.75, 3.05) is 13.2 Å². The van der Waals surface area contributed by atoms with E-state index in [2.05, 4.69) is 9.98 Å². The number of rotatable bonds is 4. The minimum atomic E-state index is -0.165. The standard InChI is InChI=1S/C20H16Cl4N2O2/c21-13-3-1-4-14(22)11(13)7-25-17-9-27-20-18(10-28-19(17)20)26-8-12-15(23)5-2-6-16(12)24/h1-8,17-20H,9-10H2/t17-,18-,19-,20-/m1/s1. The predicted molar refractivity (Wildman–Crippen MR) is 115 cm³/mol. The van der Waals surface area contributed by atoms with Crippen LogP contribution in [0.25, 0.3) is 0 Å². The van der Waals surface area contributed by atoms with Gasteiger partial charge in [-0.25, -0.2) is 0 Å². The first kappa shape index (κ1) is 20.1. The molecule has 2 aromatic carbocycles. The number of halogens is 4. The maximum absolute atomic E-state index is 6.20. The third kappa shape index (κ3) is 4.09. The van der Waals surface area contributed by atoms with Crippen molar-refractivity contribution in [2.24, 2.45) is 9.98 Å². The number of hydrogen-bond donors (Lipinski definition) is 0. The maximum atomic E-state index is 6.20. The third-order valence-electron chi connectivity index (χ3n) is 4.79. The molecule has 2 aliphatic rings. The molecule has 2 fully saturated rings. The van der Waals surface area contributed by atoms with Crippen molar-refractivity contribution in [1.82, 2.24) is 0 Å². The first-order chi connectivity index (χ1) is 13.5. The highest BCUT2D eigenvalue weighted by Gasteiger charge is 2.47. The average Bonchev–Trinajstić information content (AvgIpc) is 3.24. The molecule has 4 atom stereocenters. The largest absolute Gasteiger partial charge is 0.371 e. The van der Waals surface area contributed by atoms with E-state index < -0.39 is 0 Å². The van der Waals surface area contributed by atoms with E-state index in [1.807, 2.05) is 0 Å². The predicted octanol–water partition coefficient (Wildman–Crippen LogP) is 5.37. The topological polar surface area (TPSA) is 43.2 Å². The van der Waals surface area contributed by atoms with Gasteiger partial charge in [-0.1, -0.05) is 58.5 Å². The van der Waals surface area contributed by atoms with E-state index in [4.69, 9.17) is 55.9 Å². The number of fused-ring (bicyclic) bond motifs is 1. The second-order valence-electron chi connectivity index (χ2n) is 6.56. The summed E-state index contributed by atoms with van der Waals surface area (Å²) >= 11 is 24.8. The lowest BCUT2D eigenvalue weighted by molar-refractivity contribution is 0.0694. The molecule has 0 radical (unpaired) electrons. The lowest BCUT2D eigenvalue weighted by atomic mass is 10.1. The summed E-state index contributed by atoms with van der Waals surface area (Å²) < 4.78 is 11.8. The fourth-order valence-corrected chi connectivity index (χ4v) is 4.31. The van der Waals surface area contributed by atoms with Gasteiger partial charge in [0, 0.05) is 23.6 Å². The molecule has 0 bridgehead atoms. The molecule has 2 heterocycles. The van der Waals surface area contributed by atoms with Crippen molar-refractivity contribution in [2.45, 2.75) is 24.3 Å². The highest BCUT2D eigenvalue weighted by atomic mass is 35.5. The molecule has 0 saturated carbocycles. The van der Waals surface area contributed by atoms with Crippen LogP contribution in [0.2, 0.25) is 20.1 Å². The molecule has 0 N–H and O–H groups in total. The highest BCUT2D eigenvalue weighted by Crippen LogP contribution is 2.32. The summed E-state index contributed by atoms with van der Waals surface area (Å²) in [6.07, 6.45) is 3.04. The Hall–Kier alpha value is -1.14. The molecule has 4 nitrogen and oxygen atoms in total. The van der Waals surface area contributed by atoms with Crippen LogP contribution in [0, 0.1) is 0 Å². The van der Waals surface area contributed by atoms with E-state index in [-0.39, 0.29) is 24.3 Å². The summed E-state index contributed by atoms with van der Waals surface area (Å²) in [7, 11) is 0. The van der Waals surface area contributed by atoms with Crippen molar-refractivity contribution in [1.29, 1.82) is 0 Å². The van der Waals surface area contributed by atoms with Crippen molar-refractivity contribution in [3.05, 3.63) is 67.6 Å². The first-order valence-electron chi connectivity index (χ1n) is 8.72. The SMILES string of the molecule is Clc1cccc(Cl)c1C=N[C@@H]1CO[C@H]2[C@@H]1OC[C@H]2N=Cc1c(Cl)cccc1Cl. The molecule has 4 rings (SSSR count). The molecule has 2 aliphatic heterocycles. The monoisotopic (exact) mass is 456 g/mol. The second-order valence-corrected chi connectivity index (χ2v) is 8.19. The van der Waals surface area contributed by atoms with Gasteiger partial charge in [0.15, 0.2) is 0 Å². The quantitative estimate of drug-likeness (QED) is 0.579. The van der Waals surface area contributed by atoms with Crippen molar-refractivity contribution in [3.63, 3.8) is 0 Å². The molecule has 146 valence electrons. The van der Waals surface area contributed by atoms with E-state index >= 15 is 0 Å². The normalized spacial score (nSPS) is 27.1. The molecule has 2 saturated heterocycles. The number of benzene rings is 2. The Morgan fingerprint density at radius 2 is 1.04 bits per heavy atom. The molecule has 0 unspecified atom stereocenters. The number of aliphatic imine (C=N–C) groups is 2. The molecule has 0 aromatic heterocycles. The van der Waals surface area contributed by atoms with Crippen LogP contribution in [0.15, 0.2) is 46.4 Å². The van der Waals surface area contributed by atoms with Crippen LogP contribution in [0.3, 0.4) is 0 Å². The number of ether oxygens (including phenoxy) is 2. The molecule has 2 aromatic rings. The van der Waals surface area contributed by atoms with E-state index in [0.717, 1.165) is 0 Å². The van der Waals surface area contributed by atoms with Crippen LogP contribution >= 0.6 is 46.4 Å². The summed E-state index contributed by atoms with van der Waals surface area (Å²) in [6, 6.07) is 10.4. The molecule has 0 spiro atoms. The Morgan fingerprint density at radius 3 is 1.39 bits per heavy atom. The minimum Gasteiger partial charge on any atom is -0.371 e. The van der Waals surface area contributed by atoms with E-state index in [0.29, 0.717) is 44.4 Å². The molecule has 28 heavy (non-hydrogen) atoms. The summed E-state index contributed by atoms with van der Waals surface area (Å²) in [5.74, 6) is 0. The zero-order chi connectivity index (χ0) is 19.7. The van der Waals surface area contributed by atoms with Crippen LogP contribution in [-0.2, 0) is 9.47 Å². The van der Waals surface area contributed by atoms with Crippen LogP contribution in [0.5, 0.6) is 0 Å². The Balaban J connectivity index is 1.46. The van der Waals surface area contributed by atoms with Crippen molar-refractivity contribution < 1.29 is 9.47 Å². The Kier molecular flexibility index (Phi) is 6.26. The summed E-state index contributed by atoms with van der Waals surface area (Å²) in [4.78, 5) is 9.20. The minimum absolute atomic E-state index is 0.138. The van der Waals surface area contributed by atoms with Gasteiger partial charge in [0.1, 0.15) is 24.3 Å². The zero-order valence-electron chi connectivity index (χ0n) is 14.6. The Morgan fingerprint density at radius 1 is 0.679 bits per heavy atom. The van der Waals surface area contributed by atoms with Gasteiger partial charge in [-0.15, -0.1) is 0 Å². The average molecular weight is 458 g/mol. The maximum Gasteiger partial charge on any atom is 0.110 e. The van der Waals surface area contributed by atoms with Gasteiger partial charge in [-0.2, -0.15) is 0 Å². The lowest BCUT2D eigenvalue weighted by Crippen LogP contribution is -2.30. The Bertz CT molecular complexity index is 818. The van der Waals surface area contributed by atoms with E-state index in [1.165, 1.54) is 0 Å². The van der Waals surface area contributed by atoms with Crippen molar-refractivity contribution >= 4 is 58.8 Å². The van der Waals surface area contributed by atoms with Crippen LogP contribution < -0.4 is 0 Å². The molecule has 8 heteroatoms. The molecular formula is C20H16Cl4N2O2. The highest BCUT2D eigenvalue weighted by molar-refractivity contribution is 6.39. The van der Waals surface area contributed by atoms with Crippen LogP contribution in [-0.4, -0.2) is 49.9 Å². The second kappa shape index (κ2) is 8.70. The van der Waals surface area contributed by atoms with Crippen LogP contribution in [0.1, 0.15) is 11.1 Å². The van der Waals surface area contributed by atoms with Gasteiger partial charge in [0.2, 0.25) is 0 Å². The number of hydrogen-bond acceptors (Lipinski definition) is 4. The summed E-state index contributed by atoms with van der Waals surface area (Å²) in [5, 5.41) is 2.22. The van der Waals surface area contributed by atoms with Gasteiger partial charge >= 0.3 is 0 Å². The van der Waals surface area contributed by atoms with Gasteiger partial charge in [0.05, 0.1) is 33.3 Å². The molecular weight excluding hydrogens is 442 g/mol. The van der Waals surface area contributed by atoms with Crippen LogP contribution in [0.4, 0.5) is 0 Å². The number of nitrogens with zero attached hydrogens (tertiary/aromatic N) is 2. The van der Waals surface area contributed by atoms with Crippen molar-refractivity contribution in [3.8, 4) is 0 Å². The third-order valence-corrected chi connectivity index (χ3v) is 6.11. The van der Waals surface area contributed by atoms with Gasteiger partial charge in [-0.05, 0) is 24.3 Å². The summed E-state index contributed by atoms with van der Waals surface area (Å²) in [6.45, 7) is 0.902.